The van der Waals surface area contributed by atoms with Gasteiger partial charge in [-0.3, -0.25) is 0 Å². The van der Waals surface area contributed by atoms with Gasteiger partial charge in [-0.15, -0.1) is 24.8 Å². The van der Waals surface area contributed by atoms with Gasteiger partial charge in [0.15, 0.2) is 0 Å². The van der Waals surface area contributed by atoms with Gasteiger partial charge in [0.2, 0.25) is 0 Å². The van der Waals surface area contributed by atoms with Crippen LogP contribution >= 0.6 is 24.8 Å². The standard InChI is InChI=1S/C8H6N.C5H5.4CH3.2ClH.H2Si.Zr/c1-2-4-8-7(3-1)5-6-9-8;1-2-4-5-3-1;;;;;;;;/h1-5,9H;1-3H,4H2;4*1H3;2*1H;1H2;. The number of aromatic nitrogens is 1. The van der Waals surface area contributed by atoms with Crippen LogP contribution in [0.2, 0.25) is 18.5 Å². The van der Waals surface area contributed by atoms with Crippen LogP contribution in [0.3, 0.4) is 0 Å². The van der Waals surface area contributed by atoms with E-state index in [-0.39, 0.29) is 24.8 Å². The van der Waals surface area contributed by atoms with E-state index in [0.29, 0.717) is 0 Å². The average Bonchev–Trinajstić information content (AvgIpc) is 2.98. The normalized spacial score (nSPS) is 19.1. The molecular formula is C17H27Cl2NSiZr. The first kappa shape index (κ1) is 20.0. The molecule has 5 heteroatoms. The topological polar surface area (TPSA) is 15.8 Å². The number of hydrogen-bond acceptors (Lipinski definition) is 0. The fourth-order valence-electron chi connectivity index (χ4n) is 3.36. The van der Waals surface area contributed by atoms with Crippen molar-refractivity contribution in [2.45, 2.75) is 24.9 Å². The van der Waals surface area contributed by atoms with Gasteiger partial charge in [-0.25, -0.2) is 0 Å². The Morgan fingerprint density at radius 3 is 2.23 bits per heavy atom. The molecule has 1 aromatic carbocycles. The number of halogens is 2. The number of aromatic amines is 1. The minimum absolute atomic E-state index is 0. The third kappa shape index (κ3) is 2.86. The van der Waals surface area contributed by atoms with E-state index >= 15 is 0 Å². The maximum absolute atomic E-state index is 4.09. The van der Waals surface area contributed by atoms with Crippen molar-refractivity contribution >= 4 is 46.0 Å². The van der Waals surface area contributed by atoms with E-state index in [4.69, 9.17) is 0 Å². The van der Waals surface area contributed by atoms with Gasteiger partial charge in [-0.05, 0) is 0 Å². The first-order valence-corrected chi connectivity index (χ1v) is 25.7. The molecule has 0 aliphatic heterocycles. The SMILES string of the molecule is Cl.Cl.[CH3][Zr]([CH3])([CH3])([CH3])(=[SiH2])([C]1=CC=CC1)[c]1cc2ccccc2[nH]1. The quantitative estimate of drug-likeness (QED) is 0.640. The molecule has 22 heavy (non-hydrogen) atoms. The van der Waals surface area contributed by atoms with E-state index < -0.39 is 14.4 Å². The van der Waals surface area contributed by atoms with Crippen molar-refractivity contribution in [1.29, 1.82) is 0 Å². The van der Waals surface area contributed by atoms with Gasteiger partial charge in [0, 0.05) is 0 Å². The number of hydrogen-bond donors (Lipinski definition) is 1. The van der Waals surface area contributed by atoms with Crippen molar-refractivity contribution < 1.29 is 14.4 Å². The molecule has 0 atom stereocenters. The Morgan fingerprint density at radius 2 is 1.68 bits per heavy atom. The maximum atomic E-state index is 3.76. The molecule has 0 saturated heterocycles. The van der Waals surface area contributed by atoms with Crippen molar-refractivity contribution in [3.05, 3.63) is 51.8 Å². The van der Waals surface area contributed by atoms with Crippen LogP contribution in [0, 0.1) is 0 Å². The molecule has 1 heterocycles. The Morgan fingerprint density at radius 1 is 1.05 bits per heavy atom. The summed E-state index contributed by atoms with van der Waals surface area (Å²) in [5, 5.41) is 1.32. The predicted molar refractivity (Wildman–Crippen MR) is 106 cm³/mol. The van der Waals surface area contributed by atoms with E-state index in [1.54, 1.807) is 3.28 Å². The number of nitrogens with one attached hydrogen (secondary N) is 1. The monoisotopic (exact) mass is 433 g/mol. The summed E-state index contributed by atoms with van der Waals surface area (Å²) in [6.45, 7) is 2.27. The van der Waals surface area contributed by atoms with Gasteiger partial charge in [0.25, 0.3) is 0 Å². The molecule has 3 rings (SSSR count). The van der Waals surface area contributed by atoms with Crippen LogP contribution in [0.1, 0.15) is 6.42 Å². The minimum atomic E-state index is -4.09. The number of para-hydroxylation sites is 1. The van der Waals surface area contributed by atoms with Gasteiger partial charge in [0.1, 0.15) is 0 Å². The number of H-pyrrole nitrogens is 1. The summed E-state index contributed by atoms with van der Waals surface area (Å²) in [5.74, 6) is 0. The molecule has 1 nitrogen and oxygen atoms in total. The van der Waals surface area contributed by atoms with Crippen LogP contribution in [-0.4, -0.2) is 11.9 Å². The Hall–Kier alpha value is -0.0800. The molecule has 1 aliphatic carbocycles. The van der Waals surface area contributed by atoms with Crippen molar-refractivity contribution in [2.75, 3.05) is 0 Å². The predicted octanol–water partition coefficient (Wildman–Crippen LogP) is 4.98. The summed E-state index contributed by atoms with van der Waals surface area (Å²) in [6, 6.07) is 11.0. The molecule has 2 aromatic rings. The van der Waals surface area contributed by atoms with Crippen LogP contribution in [0.25, 0.3) is 10.9 Å². The second-order valence-electron chi connectivity index (χ2n) is 10.5. The molecule has 0 bridgehead atoms. The second-order valence-corrected chi connectivity index (χ2v) is 68.2. The summed E-state index contributed by atoms with van der Waals surface area (Å²) >= 11 is -4.09. The molecule has 122 valence electrons. The molecule has 0 spiro atoms. The summed E-state index contributed by atoms with van der Waals surface area (Å²) in [7, 11) is 0. The number of fused-ring (bicyclic) bond motifs is 1. The van der Waals surface area contributed by atoms with Crippen molar-refractivity contribution in [3.8, 4) is 0 Å². The molecule has 1 aliphatic rings. The van der Waals surface area contributed by atoms with E-state index in [1.165, 1.54) is 14.3 Å². The Balaban J connectivity index is 0.00000121. The van der Waals surface area contributed by atoms with Crippen LogP contribution in [0.15, 0.2) is 51.8 Å². The van der Waals surface area contributed by atoms with Gasteiger partial charge >= 0.3 is 117 Å². The van der Waals surface area contributed by atoms with Gasteiger partial charge in [-0.2, -0.15) is 0 Å². The van der Waals surface area contributed by atoms with Gasteiger partial charge in [0.05, 0.1) is 0 Å². The fraction of sp³-hybridized carbons (Fsp3) is 0.294. The summed E-state index contributed by atoms with van der Waals surface area (Å²) in [6.07, 6.45) is 7.97. The van der Waals surface area contributed by atoms with E-state index in [1.807, 2.05) is 0 Å². The summed E-state index contributed by atoms with van der Waals surface area (Å²) in [4.78, 5) is 3.76. The summed E-state index contributed by atoms with van der Waals surface area (Å²) < 4.78 is 13.3. The number of rotatable bonds is 2. The molecular weight excluding hydrogens is 408 g/mol. The molecule has 0 radical (unpaired) electrons. The zero-order valence-corrected chi connectivity index (χ0v) is 19.4. The third-order valence-electron chi connectivity index (χ3n) is 5.38. The zero-order valence-electron chi connectivity index (χ0n) is 13.8. The average molecular weight is 436 g/mol. The van der Waals surface area contributed by atoms with Gasteiger partial charge < -0.3 is 0 Å². The van der Waals surface area contributed by atoms with Crippen molar-refractivity contribution in [2.24, 2.45) is 0 Å². The van der Waals surface area contributed by atoms with Gasteiger partial charge in [-0.1, -0.05) is 0 Å². The van der Waals surface area contributed by atoms with E-state index in [9.17, 15) is 0 Å². The second kappa shape index (κ2) is 4.51. The van der Waals surface area contributed by atoms with E-state index in [0.717, 1.165) is 6.42 Å². The van der Waals surface area contributed by atoms with Crippen LogP contribution in [-0.2, 0) is 14.4 Å². The first-order chi connectivity index (χ1) is 8.93. The number of benzene rings is 1. The fourth-order valence-corrected chi connectivity index (χ4v) is 16.3. The zero-order chi connectivity index (χ0) is 14.8. The van der Waals surface area contributed by atoms with E-state index in [2.05, 4.69) is 78.9 Å². The number of allylic oxidation sites excluding steroid dienone is 4. The first-order valence-electron chi connectivity index (χ1n) is 7.48. The van der Waals surface area contributed by atoms with Crippen LogP contribution < -0.4 is 3.40 Å². The molecule has 0 unspecified atom stereocenters. The molecule has 1 N–H and O–H groups in total. The van der Waals surface area contributed by atoms with Crippen molar-refractivity contribution in [1.82, 2.24) is 4.98 Å². The van der Waals surface area contributed by atoms with Crippen molar-refractivity contribution in [3.63, 3.8) is 0 Å². The molecule has 0 fully saturated rings. The Kier molecular flexibility index (Phi) is 4.09. The third-order valence-corrected chi connectivity index (χ3v) is 27.0. The van der Waals surface area contributed by atoms with Crippen LogP contribution in [0.5, 0.6) is 0 Å². The van der Waals surface area contributed by atoms with Crippen LogP contribution in [0.4, 0.5) is 0 Å². The summed E-state index contributed by atoms with van der Waals surface area (Å²) in [5.41, 5.74) is 1.25. The Labute approximate surface area is 141 Å². The Bertz CT molecular complexity index is 874. The molecule has 0 saturated carbocycles. The molecule has 1 aromatic heterocycles. The molecule has 0 amide bonds.